The Kier molecular flexibility index (Phi) is 14.0. The van der Waals surface area contributed by atoms with Gasteiger partial charge >= 0.3 is 5.97 Å². The molecule has 0 spiro atoms. The van der Waals surface area contributed by atoms with E-state index in [1.54, 1.807) is 24.3 Å². The molecule has 5 rings (SSSR count). The summed E-state index contributed by atoms with van der Waals surface area (Å²) >= 11 is 0. The second-order valence-electron chi connectivity index (χ2n) is 18.6. The molecule has 2 saturated carbocycles. The molecule has 0 amide bonds. The van der Waals surface area contributed by atoms with Crippen molar-refractivity contribution in [3.63, 3.8) is 0 Å². The van der Waals surface area contributed by atoms with Crippen LogP contribution in [0.4, 0.5) is 0 Å². The lowest BCUT2D eigenvalue weighted by molar-refractivity contribution is -0.342. The molecule has 0 unspecified atom stereocenters. The zero-order chi connectivity index (χ0) is 42.4. The van der Waals surface area contributed by atoms with Crippen LogP contribution < -0.4 is 0 Å². The van der Waals surface area contributed by atoms with E-state index in [-0.39, 0.29) is 18.8 Å². The van der Waals surface area contributed by atoms with Gasteiger partial charge in [0.15, 0.2) is 30.7 Å². The molecule has 12 heteroatoms. The van der Waals surface area contributed by atoms with Gasteiger partial charge in [0, 0.05) is 24.2 Å². The smallest absolute Gasteiger partial charge is 0.338 e. The summed E-state index contributed by atoms with van der Waals surface area (Å²) in [6.07, 6.45) is -3.79. The molecule has 1 aromatic carbocycles. The molecular weight excluding hydrogens is 769 g/mol. The second-order valence-corrected chi connectivity index (χ2v) is 32.8. The fourth-order valence-electron chi connectivity index (χ4n) is 11.5. The monoisotopic (exact) mass is 844 g/mol. The Bertz CT molecular complexity index is 1600. The number of hydrogen-bond donors (Lipinski definition) is 2. The molecule has 57 heavy (non-hydrogen) atoms. The maximum Gasteiger partial charge on any atom is 0.338 e. The number of rotatable bonds is 17. The van der Waals surface area contributed by atoms with Gasteiger partial charge in [-0.15, -0.1) is 0 Å². The molecule has 1 aliphatic heterocycles. The lowest BCUT2D eigenvalue weighted by atomic mass is 9.45. The Morgan fingerprint density at radius 1 is 0.772 bits per heavy atom. The highest BCUT2D eigenvalue weighted by Gasteiger charge is 2.77. The first-order chi connectivity index (χ1) is 26.8. The number of fused-ring (bicyclic) bond motifs is 5. The Labute approximate surface area is 347 Å². The minimum absolute atomic E-state index is 0.0476. The summed E-state index contributed by atoms with van der Waals surface area (Å²) in [7, 11) is -7.21. The van der Waals surface area contributed by atoms with Crippen molar-refractivity contribution in [2.75, 3.05) is 6.61 Å². The van der Waals surface area contributed by atoms with Gasteiger partial charge in [0.05, 0.1) is 35.9 Å². The van der Waals surface area contributed by atoms with E-state index < -0.39 is 89.4 Å². The lowest BCUT2D eigenvalue weighted by Gasteiger charge is -2.68. The van der Waals surface area contributed by atoms with E-state index >= 15 is 4.79 Å². The van der Waals surface area contributed by atoms with E-state index in [0.29, 0.717) is 12.0 Å². The SMILES string of the molecule is CC[Si](CC)(CC)O[C@H]1C(=O)[C@]2(C)[C@@H](O[Si](CC)(CC)CC)C[C@H]3OC[C@@]3(O)[C@H]2[C@H](OC(=O)c2ccccc2)[C@]2(O)C[C@H](O[Si](CC)(CC)CC)C(C)=C1C2(C)C. The molecular formula is C45H76O9Si3. The van der Waals surface area contributed by atoms with Crippen molar-refractivity contribution in [2.45, 2.75) is 199 Å². The highest BCUT2D eigenvalue weighted by Crippen LogP contribution is 2.65. The molecule has 2 N–H and O–H groups in total. The van der Waals surface area contributed by atoms with Gasteiger partial charge in [0.1, 0.15) is 23.4 Å². The van der Waals surface area contributed by atoms with Gasteiger partial charge < -0.3 is 33.0 Å². The Hall–Kier alpha value is -1.49. The number of ketones is 1. The standard InChI is InChI=1S/C45H76O9Si3/c1-14-55(15-2,16-3)52-33-29-45(49)40(51-41(47)32-26-24-23-25-27-32)38-43(13,34(28-35-44(38,48)30-50-35)53-56(17-4,18-5)19-6)39(46)37(36(31(33)10)42(45,11)12)54-57(20-7,21-8)22-9/h23-27,33-35,37-38,40,48-49H,14-22,28-30H2,1-13H3/t33-,34-,35+,37+,38-,40-,43+,44-,45+/m0/s1. The van der Waals surface area contributed by atoms with E-state index in [2.05, 4.69) is 69.2 Å². The lowest BCUT2D eigenvalue weighted by Crippen LogP contribution is -2.81. The second kappa shape index (κ2) is 17.1. The number of carbonyl (C=O) groups excluding carboxylic acids is 2. The van der Waals surface area contributed by atoms with Crippen LogP contribution in [0, 0.1) is 16.7 Å². The largest absolute Gasteiger partial charge is 0.455 e. The Balaban J connectivity index is 1.91. The first kappa shape index (κ1) is 46.6. The quantitative estimate of drug-likeness (QED) is 0.0898. The summed E-state index contributed by atoms with van der Waals surface area (Å²) in [6, 6.07) is 16.6. The molecule has 322 valence electrons. The molecule has 1 heterocycles. The summed E-state index contributed by atoms with van der Waals surface area (Å²) in [5.74, 6) is -1.86. The molecule has 0 radical (unpaired) electrons. The van der Waals surface area contributed by atoms with E-state index in [9.17, 15) is 15.0 Å². The molecule has 3 aliphatic carbocycles. The number of esters is 1. The highest BCUT2D eigenvalue weighted by atomic mass is 28.4. The number of Topliss-reactive ketones (excluding diaryl/α,β-unsaturated/α-hetero) is 1. The first-order valence-corrected chi connectivity index (χ1v) is 30.0. The van der Waals surface area contributed by atoms with Crippen molar-refractivity contribution in [1.82, 2.24) is 0 Å². The van der Waals surface area contributed by atoms with Crippen molar-refractivity contribution >= 4 is 36.7 Å². The topological polar surface area (TPSA) is 121 Å². The maximum absolute atomic E-state index is 16.6. The molecule has 1 saturated heterocycles. The fourth-order valence-corrected chi connectivity index (χ4v) is 20.0. The van der Waals surface area contributed by atoms with E-state index in [1.165, 1.54) is 0 Å². The normalized spacial score (nSPS) is 34.1. The van der Waals surface area contributed by atoms with Crippen molar-refractivity contribution in [1.29, 1.82) is 0 Å². The van der Waals surface area contributed by atoms with Gasteiger partial charge in [-0.1, -0.05) is 94.4 Å². The zero-order valence-electron chi connectivity index (χ0n) is 37.6. The average Bonchev–Trinajstić information content (AvgIpc) is 3.22. The van der Waals surface area contributed by atoms with Gasteiger partial charge in [0.2, 0.25) is 0 Å². The fraction of sp³-hybridized carbons (Fsp3) is 0.778. The zero-order valence-corrected chi connectivity index (χ0v) is 40.6. The molecule has 9 nitrogen and oxygen atoms in total. The number of hydrogen-bond acceptors (Lipinski definition) is 9. The number of carbonyl (C=O) groups is 2. The van der Waals surface area contributed by atoms with Crippen molar-refractivity contribution in [2.24, 2.45) is 16.7 Å². The van der Waals surface area contributed by atoms with Crippen LogP contribution >= 0.6 is 0 Å². The van der Waals surface area contributed by atoms with Gasteiger partial charge in [0.25, 0.3) is 0 Å². The Morgan fingerprint density at radius 3 is 1.74 bits per heavy atom. The molecule has 3 fully saturated rings. The van der Waals surface area contributed by atoms with Gasteiger partial charge in [-0.3, -0.25) is 4.79 Å². The summed E-state index contributed by atoms with van der Waals surface area (Å²) in [5.41, 5.74) is -4.00. The van der Waals surface area contributed by atoms with E-state index in [1.807, 2.05) is 26.8 Å². The van der Waals surface area contributed by atoms with Crippen molar-refractivity contribution in [3.05, 3.63) is 47.0 Å². The van der Waals surface area contributed by atoms with Crippen LogP contribution in [0.15, 0.2) is 41.5 Å². The summed E-state index contributed by atoms with van der Waals surface area (Å²) in [4.78, 5) is 31.1. The molecule has 4 aliphatic rings. The molecule has 0 aromatic heterocycles. The van der Waals surface area contributed by atoms with Gasteiger partial charge in [-0.25, -0.2) is 4.79 Å². The number of aliphatic hydroxyl groups is 2. The summed E-state index contributed by atoms with van der Waals surface area (Å²) in [5, 5.41) is 27.2. The van der Waals surface area contributed by atoms with Crippen LogP contribution in [-0.2, 0) is 27.5 Å². The van der Waals surface area contributed by atoms with Crippen molar-refractivity contribution < 1.29 is 42.6 Å². The average molecular weight is 845 g/mol. The molecule has 2 bridgehead atoms. The number of benzene rings is 1. The van der Waals surface area contributed by atoms with Crippen molar-refractivity contribution in [3.8, 4) is 0 Å². The third kappa shape index (κ3) is 7.40. The molecule has 1 aromatic rings. The van der Waals surface area contributed by atoms with Crippen LogP contribution in [0.5, 0.6) is 0 Å². The Morgan fingerprint density at radius 2 is 1.26 bits per heavy atom. The van der Waals surface area contributed by atoms with E-state index in [0.717, 1.165) is 65.5 Å². The summed E-state index contributed by atoms with van der Waals surface area (Å²) in [6.45, 7) is 27.5. The third-order valence-electron chi connectivity index (χ3n) is 16.5. The predicted octanol–water partition coefficient (Wildman–Crippen LogP) is 9.60. The van der Waals surface area contributed by atoms with Gasteiger partial charge in [-0.05, 0) is 91.5 Å². The molecule has 9 atom stereocenters. The van der Waals surface area contributed by atoms with Gasteiger partial charge in [-0.2, -0.15) is 0 Å². The first-order valence-electron chi connectivity index (χ1n) is 22.4. The maximum atomic E-state index is 16.6. The third-order valence-corrected chi connectivity index (χ3v) is 30.4. The van der Waals surface area contributed by atoms with Crippen LogP contribution in [0.3, 0.4) is 0 Å². The van der Waals surface area contributed by atoms with Crippen LogP contribution in [-0.4, -0.2) is 95.2 Å². The highest BCUT2D eigenvalue weighted by molar-refractivity contribution is 6.74. The number of ether oxygens (including phenoxy) is 2. The van der Waals surface area contributed by atoms with E-state index in [4.69, 9.17) is 22.8 Å². The van der Waals surface area contributed by atoms with Crippen LogP contribution in [0.25, 0.3) is 0 Å². The van der Waals surface area contributed by atoms with Crippen LogP contribution in [0.2, 0.25) is 54.4 Å². The predicted molar refractivity (Wildman–Crippen MR) is 234 cm³/mol. The minimum atomic E-state index is -2.52. The summed E-state index contributed by atoms with van der Waals surface area (Å²) < 4.78 is 35.4. The van der Waals surface area contributed by atoms with Crippen LogP contribution in [0.1, 0.15) is 113 Å². The minimum Gasteiger partial charge on any atom is -0.455 e.